The van der Waals surface area contributed by atoms with E-state index in [1.165, 1.54) is 17.4 Å². The number of nitrogens with one attached hydrogen (secondary N) is 2. The van der Waals surface area contributed by atoms with E-state index in [1.807, 2.05) is 0 Å². The van der Waals surface area contributed by atoms with Gasteiger partial charge in [-0.2, -0.15) is 13.2 Å². The number of carbonyl (C=O) groups excluding carboxylic acids is 1. The summed E-state index contributed by atoms with van der Waals surface area (Å²) in [6, 6.07) is 5.00. The molecule has 1 aromatic carbocycles. The van der Waals surface area contributed by atoms with E-state index in [9.17, 15) is 18.0 Å². The molecule has 1 fully saturated rings. The first-order valence-electron chi connectivity index (χ1n) is 7.58. The summed E-state index contributed by atoms with van der Waals surface area (Å²) in [6.45, 7) is 1.55. The Morgan fingerprint density at radius 2 is 2.16 bits per heavy atom. The summed E-state index contributed by atoms with van der Waals surface area (Å²) in [4.78, 5) is 16.4. The molecule has 0 bridgehead atoms. The first-order valence-corrected chi connectivity index (χ1v) is 8.46. The molecule has 2 aromatic rings. The standard InChI is InChI=1S/C16H16F3N3OS.ClH/c17-16(18,19)12-5-1-3-10(7-12)13-9-24-15(21-13)22-14(23)11-4-2-6-20-8-11;/h1,3,5,7,9,11,20H,2,4,6,8H2,(H,21,22,23);1H. The van der Waals surface area contributed by atoms with Crippen LogP contribution in [0.1, 0.15) is 18.4 Å². The maximum Gasteiger partial charge on any atom is 0.416 e. The topological polar surface area (TPSA) is 54.0 Å². The van der Waals surface area contributed by atoms with Crippen molar-refractivity contribution >= 4 is 34.8 Å². The predicted octanol–water partition coefficient (Wildman–Crippen LogP) is 4.19. The smallest absolute Gasteiger partial charge is 0.316 e. The van der Waals surface area contributed by atoms with Crippen LogP contribution in [0.2, 0.25) is 0 Å². The van der Waals surface area contributed by atoms with Crippen LogP contribution in [0.4, 0.5) is 18.3 Å². The Morgan fingerprint density at radius 3 is 2.84 bits per heavy atom. The summed E-state index contributed by atoms with van der Waals surface area (Å²) in [5.74, 6) is -0.202. The van der Waals surface area contributed by atoms with Gasteiger partial charge in [-0.1, -0.05) is 12.1 Å². The van der Waals surface area contributed by atoms with Crippen LogP contribution in [-0.2, 0) is 11.0 Å². The van der Waals surface area contributed by atoms with E-state index in [0.717, 1.165) is 31.5 Å². The highest BCUT2D eigenvalue weighted by Gasteiger charge is 2.30. The van der Waals surface area contributed by atoms with Crippen molar-refractivity contribution in [2.75, 3.05) is 18.4 Å². The number of amides is 1. The van der Waals surface area contributed by atoms with E-state index >= 15 is 0 Å². The lowest BCUT2D eigenvalue weighted by atomic mass is 9.99. The lowest BCUT2D eigenvalue weighted by Crippen LogP contribution is -2.37. The van der Waals surface area contributed by atoms with Crippen molar-refractivity contribution in [3.8, 4) is 11.3 Å². The molecule has 1 aliphatic heterocycles. The zero-order chi connectivity index (χ0) is 17.2. The maximum absolute atomic E-state index is 12.8. The van der Waals surface area contributed by atoms with Crippen molar-refractivity contribution in [2.24, 2.45) is 5.92 Å². The Hall–Kier alpha value is -1.64. The summed E-state index contributed by atoms with van der Waals surface area (Å²) in [5, 5.41) is 7.97. The van der Waals surface area contributed by atoms with Crippen LogP contribution in [0, 0.1) is 5.92 Å². The number of rotatable bonds is 3. The Bertz CT molecular complexity index is 729. The number of halogens is 4. The van der Waals surface area contributed by atoms with Gasteiger partial charge in [0.05, 0.1) is 17.2 Å². The quantitative estimate of drug-likeness (QED) is 0.824. The maximum atomic E-state index is 12.8. The first-order chi connectivity index (χ1) is 11.4. The molecule has 25 heavy (non-hydrogen) atoms. The van der Waals surface area contributed by atoms with E-state index in [2.05, 4.69) is 15.6 Å². The number of anilines is 1. The fourth-order valence-electron chi connectivity index (χ4n) is 2.60. The number of thiazole rings is 1. The summed E-state index contributed by atoms with van der Waals surface area (Å²) in [6.07, 6.45) is -2.62. The lowest BCUT2D eigenvalue weighted by Gasteiger charge is -2.21. The average Bonchev–Trinajstić information content (AvgIpc) is 3.03. The Morgan fingerprint density at radius 1 is 1.36 bits per heavy atom. The van der Waals surface area contributed by atoms with Gasteiger partial charge in [-0.05, 0) is 31.5 Å². The van der Waals surface area contributed by atoms with Gasteiger partial charge in [-0.3, -0.25) is 4.79 Å². The van der Waals surface area contributed by atoms with Crippen LogP contribution in [0.15, 0.2) is 29.6 Å². The minimum atomic E-state index is -4.39. The normalized spacial score (nSPS) is 17.6. The van der Waals surface area contributed by atoms with Gasteiger partial charge < -0.3 is 10.6 Å². The highest BCUT2D eigenvalue weighted by atomic mass is 35.5. The van der Waals surface area contributed by atoms with Crippen LogP contribution in [0.3, 0.4) is 0 Å². The average molecular weight is 392 g/mol. The number of aromatic nitrogens is 1. The first kappa shape index (κ1) is 19.7. The minimum absolute atomic E-state index is 0. The highest BCUT2D eigenvalue weighted by molar-refractivity contribution is 7.14. The Kier molecular flexibility index (Phi) is 6.42. The highest BCUT2D eigenvalue weighted by Crippen LogP contribution is 2.33. The van der Waals surface area contributed by atoms with E-state index < -0.39 is 11.7 Å². The molecule has 0 spiro atoms. The number of hydrogen-bond donors (Lipinski definition) is 2. The molecule has 0 aliphatic carbocycles. The second kappa shape index (κ2) is 8.16. The van der Waals surface area contributed by atoms with Gasteiger partial charge in [0.15, 0.2) is 5.13 Å². The van der Waals surface area contributed by atoms with Crippen LogP contribution in [-0.4, -0.2) is 24.0 Å². The molecule has 1 saturated heterocycles. The molecule has 1 aromatic heterocycles. The summed E-state index contributed by atoms with van der Waals surface area (Å²) in [5.41, 5.74) is 0.0796. The molecular formula is C16H17ClF3N3OS. The predicted molar refractivity (Wildman–Crippen MR) is 94.0 cm³/mol. The molecular weight excluding hydrogens is 375 g/mol. The van der Waals surface area contributed by atoms with E-state index in [4.69, 9.17) is 0 Å². The van der Waals surface area contributed by atoms with E-state index in [1.54, 1.807) is 11.4 Å². The molecule has 0 radical (unpaired) electrons. The van der Waals surface area contributed by atoms with Gasteiger partial charge in [0.2, 0.25) is 5.91 Å². The second-order valence-corrected chi connectivity index (χ2v) is 6.51. The van der Waals surface area contributed by atoms with Gasteiger partial charge in [-0.15, -0.1) is 23.7 Å². The van der Waals surface area contributed by atoms with Crippen molar-refractivity contribution < 1.29 is 18.0 Å². The monoisotopic (exact) mass is 391 g/mol. The number of benzene rings is 1. The molecule has 3 rings (SSSR count). The number of nitrogens with zero attached hydrogens (tertiary/aromatic N) is 1. The van der Waals surface area contributed by atoms with Crippen molar-refractivity contribution in [1.29, 1.82) is 0 Å². The Balaban J connectivity index is 0.00000225. The van der Waals surface area contributed by atoms with Crippen LogP contribution in [0.25, 0.3) is 11.3 Å². The summed E-state index contributed by atoms with van der Waals surface area (Å²) < 4.78 is 38.4. The number of alkyl halides is 3. The third-order valence-corrected chi connectivity index (χ3v) is 4.65. The van der Waals surface area contributed by atoms with Crippen LogP contribution < -0.4 is 10.6 Å². The zero-order valence-electron chi connectivity index (χ0n) is 13.1. The van der Waals surface area contributed by atoms with Gasteiger partial charge in [0.25, 0.3) is 0 Å². The molecule has 4 nitrogen and oxygen atoms in total. The second-order valence-electron chi connectivity index (χ2n) is 5.65. The van der Waals surface area contributed by atoms with Gasteiger partial charge >= 0.3 is 6.18 Å². The van der Waals surface area contributed by atoms with Gasteiger partial charge in [-0.25, -0.2) is 4.98 Å². The fraction of sp³-hybridized carbons (Fsp3) is 0.375. The molecule has 0 saturated carbocycles. The van der Waals surface area contributed by atoms with E-state index in [-0.39, 0.29) is 24.2 Å². The number of piperidine rings is 1. The van der Waals surface area contributed by atoms with Crippen molar-refractivity contribution in [1.82, 2.24) is 10.3 Å². The molecule has 136 valence electrons. The van der Waals surface area contributed by atoms with E-state index in [0.29, 0.717) is 22.9 Å². The van der Waals surface area contributed by atoms with Crippen LogP contribution >= 0.6 is 23.7 Å². The largest absolute Gasteiger partial charge is 0.416 e. The number of hydrogen-bond acceptors (Lipinski definition) is 4. The lowest BCUT2D eigenvalue weighted by molar-refractivity contribution is -0.137. The SMILES string of the molecule is Cl.O=C(Nc1nc(-c2cccc(C(F)(F)F)c2)cs1)C1CCCNC1. The molecule has 1 aliphatic rings. The third kappa shape index (κ3) is 4.93. The van der Waals surface area contributed by atoms with Crippen molar-refractivity contribution in [3.63, 3.8) is 0 Å². The zero-order valence-corrected chi connectivity index (χ0v) is 14.7. The molecule has 2 heterocycles. The number of carbonyl (C=O) groups is 1. The van der Waals surface area contributed by atoms with Gasteiger partial charge in [0, 0.05) is 17.5 Å². The third-order valence-electron chi connectivity index (χ3n) is 3.89. The summed E-state index contributed by atoms with van der Waals surface area (Å²) >= 11 is 1.21. The van der Waals surface area contributed by atoms with Crippen molar-refractivity contribution in [3.05, 3.63) is 35.2 Å². The van der Waals surface area contributed by atoms with Gasteiger partial charge in [0.1, 0.15) is 0 Å². The fourth-order valence-corrected chi connectivity index (χ4v) is 3.32. The van der Waals surface area contributed by atoms with Crippen molar-refractivity contribution in [2.45, 2.75) is 19.0 Å². The molecule has 1 amide bonds. The molecule has 1 unspecified atom stereocenters. The van der Waals surface area contributed by atoms with Crippen LogP contribution in [0.5, 0.6) is 0 Å². The minimum Gasteiger partial charge on any atom is -0.316 e. The molecule has 2 N–H and O–H groups in total. The molecule has 9 heteroatoms. The Labute approximate surface area is 153 Å². The molecule has 1 atom stereocenters. The summed E-state index contributed by atoms with van der Waals surface area (Å²) in [7, 11) is 0.